The molecule has 0 aliphatic carbocycles. The molecule has 10 heteroatoms. The number of carbonyl (C=O) groups is 1. The van der Waals surface area contributed by atoms with Crippen molar-refractivity contribution in [3.05, 3.63) is 59.1 Å². The molecule has 0 saturated carbocycles. The van der Waals surface area contributed by atoms with Crippen LogP contribution in [-0.2, 0) is 4.74 Å². The minimum Gasteiger partial charge on any atom is -0.382 e. The SMILES string of the molecule is Nc1c(NC(=O)NC[C@@H]2CCCO2)c(-c2ccc(Cl)cc2)nn1-c1cc(F)ccc1F. The van der Waals surface area contributed by atoms with Crippen LogP contribution in [0.5, 0.6) is 0 Å². The lowest BCUT2D eigenvalue weighted by Gasteiger charge is -2.12. The predicted octanol–water partition coefficient (Wildman–Crippen LogP) is 4.35. The van der Waals surface area contributed by atoms with Crippen molar-refractivity contribution >= 4 is 29.1 Å². The zero-order valence-corrected chi connectivity index (χ0v) is 17.1. The van der Waals surface area contributed by atoms with Gasteiger partial charge in [0.25, 0.3) is 0 Å². The number of aromatic nitrogens is 2. The van der Waals surface area contributed by atoms with Crippen LogP contribution >= 0.6 is 11.6 Å². The summed E-state index contributed by atoms with van der Waals surface area (Å²) in [4.78, 5) is 12.5. The summed E-state index contributed by atoms with van der Waals surface area (Å²) in [7, 11) is 0. The van der Waals surface area contributed by atoms with E-state index in [1.165, 1.54) is 0 Å². The van der Waals surface area contributed by atoms with Crippen LogP contribution in [0.25, 0.3) is 16.9 Å². The Hall–Kier alpha value is -3.17. The molecule has 0 unspecified atom stereocenters. The number of rotatable bonds is 5. The number of hydrogen-bond acceptors (Lipinski definition) is 4. The third-order valence-corrected chi connectivity index (χ3v) is 5.18. The molecule has 1 fully saturated rings. The van der Waals surface area contributed by atoms with Gasteiger partial charge in [0.1, 0.15) is 28.7 Å². The number of nitrogens with two attached hydrogens (primary N) is 1. The van der Waals surface area contributed by atoms with E-state index in [-0.39, 0.29) is 29.0 Å². The molecule has 2 aromatic carbocycles. The van der Waals surface area contributed by atoms with Gasteiger partial charge in [0, 0.05) is 29.8 Å². The normalized spacial score (nSPS) is 15.8. The second-order valence-corrected chi connectivity index (χ2v) is 7.53. The molecule has 3 aromatic rings. The lowest BCUT2D eigenvalue weighted by Crippen LogP contribution is -2.35. The zero-order chi connectivity index (χ0) is 22.0. The summed E-state index contributed by atoms with van der Waals surface area (Å²) in [5.74, 6) is -1.42. The Kier molecular flexibility index (Phi) is 6.06. The molecule has 0 bridgehead atoms. The molecule has 2 amide bonds. The minimum absolute atomic E-state index is 0.0389. The number of nitrogens with one attached hydrogen (secondary N) is 2. The van der Waals surface area contributed by atoms with Crippen LogP contribution in [0.15, 0.2) is 42.5 Å². The first-order valence-corrected chi connectivity index (χ1v) is 10.1. The largest absolute Gasteiger partial charge is 0.382 e. The van der Waals surface area contributed by atoms with Crippen LogP contribution in [0.2, 0.25) is 5.02 Å². The van der Waals surface area contributed by atoms with E-state index in [1.54, 1.807) is 24.3 Å². The first-order valence-electron chi connectivity index (χ1n) is 9.68. The summed E-state index contributed by atoms with van der Waals surface area (Å²) in [6, 6.07) is 9.11. The molecule has 0 spiro atoms. The van der Waals surface area contributed by atoms with E-state index in [1.807, 2.05) is 0 Å². The van der Waals surface area contributed by atoms with E-state index in [4.69, 9.17) is 22.1 Å². The molecule has 1 aromatic heterocycles. The summed E-state index contributed by atoms with van der Waals surface area (Å²) in [5.41, 5.74) is 7.06. The number of ether oxygens (including phenoxy) is 1. The number of nitrogens with zero attached hydrogens (tertiary/aromatic N) is 2. The van der Waals surface area contributed by atoms with Gasteiger partial charge in [0.05, 0.1) is 6.10 Å². The van der Waals surface area contributed by atoms with Gasteiger partial charge >= 0.3 is 6.03 Å². The van der Waals surface area contributed by atoms with Gasteiger partial charge in [0.15, 0.2) is 5.82 Å². The molecule has 1 aliphatic rings. The van der Waals surface area contributed by atoms with E-state index in [2.05, 4.69) is 15.7 Å². The average Bonchev–Trinajstić information content (AvgIpc) is 3.38. The van der Waals surface area contributed by atoms with Crippen LogP contribution < -0.4 is 16.4 Å². The maximum Gasteiger partial charge on any atom is 0.319 e. The van der Waals surface area contributed by atoms with Gasteiger partial charge in [-0.05, 0) is 37.1 Å². The van der Waals surface area contributed by atoms with Gasteiger partial charge in [-0.3, -0.25) is 0 Å². The fourth-order valence-corrected chi connectivity index (χ4v) is 3.49. The van der Waals surface area contributed by atoms with Crippen molar-refractivity contribution in [2.75, 3.05) is 24.2 Å². The van der Waals surface area contributed by atoms with Gasteiger partial charge in [-0.15, -0.1) is 0 Å². The maximum absolute atomic E-state index is 14.4. The topological polar surface area (TPSA) is 94.2 Å². The monoisotopic (exact) mass is 447 g/mol. The lowest BCUT2D eigenvalue weighted by molar-refractivity contribution is 0.112. The molecule has 4 rings (SSSR count). The summed E-state index contributed by atoms with van der Waals surface area (Å²) >= 11 is 5.96. The van der Waals surface area contributed by atoms with E-state index in [9.17, 15) is 13.6 Å². The van der Waals surface area contributed by atoms with Gasteiger partial charge in [-0.25, -0.2) is 18.3 Å². The van der Waals surface area contributed by atoms with Crippen molar-refractivity contribution < 1.29 is 18.3 Å². The Balaban J connectivity index is 1.69. The Morgan fingerprint density at radius 3 is 2.74 bits per heavy atom. The van der Waals surface area contributed by atoms with E-state index in [0.29, 0.717) is 23.7 Å². The number of anilines is 2. The van der Waals surface area contributed by atoms with Crippen LogP contribution in [0.1, 0.15) is 12.8 Å². The molecule has 7 nitrogen and oxygen atoms in total. The summed E-state index contributed by atoms with van der Waals surface area (Å²) in [6.07, 6.45) is 1.78. The number of amides is 2. The van der Waals surface area contributed by atoms with E-state index in [0.717, 1.165) is 35.7 Å². The molecule has 31 heavy (non-hydrogen) atoms. The van der Waals surface area contributed by atoms with Gasteiger partial charge in [0.2, 0.25) is 0 Å². The van der Waals surface area contributed by atoms with Crippen molar-refractivity contribution in [1.29, 1.82) is 0 Å². The maximum atomic E-state index is 14.4. The fourth-order valence-electron chi connectivity index (χ4n) is 3.37. The Bertz CT molecular complexity index is 1100. The molecule has 1 saturated heterocycles. The highest BCUT2D eigenvalue weighted by Gasteiger charge is 2.23. The summed E-state index contributed by atoms with van der Waals surface area (Å²) in [6.45, 7) is 1.02. The zero-order valence-electron chi connectivity index (χ0n) is 16.4. The lowest BCUT2D eigenvalue weighted by atomic mass is 10.1. The molecular weight excluding hydrogens is 428 g/mol. The Morgan fingerprint density at radius 2 is 2.03 bits per heavy atom. The highest BCUT2D eigenvalue weighted by atomic mass is 35.5. The van der Waals surface area contributed by atoms with E-state index < -0.39 is 17.7 Å². The number of urea groups is 1. The number of hydrogen-bond donors (Lipinski definition) is 3. The summed E-state index contributed by atoms with van der Waals surface area (Å²) in [5, 5.41) is 10.3. The van der Waals surface area contributed by atoms with Gasteiger partial charge in [-0.2, -0.15) is 5.10 Å². The number of benzene rings is 2. The van der Waals surface area contributed by atoms with Crippen molar-refractivity contribution in [3.63, 3.8) is 0 Å². The molecule has 162 valence electrons. The van der Waals surface area contributed by atoms with Crippen LogP contribution in [0, 0.1) is 11.6 Å². The Morgan fingerprint density at radius 1 is 1.26 bits per heavy atom. The standard InChI is InChI=1S/C21H20ClF2N5O2/c22-13-5-3-12(4-6-13)18-19(27-21(30)26-11-15-2-1-9-31-15)20(25)29(28-18)17-10-14(23)7-8-16(17)24/h3-8,10,15H,1-2,9,11,25H2,(H2,26,27,30)/t15-/m0/s1. The first kappa shape index (κ1) is 21.1. The average molecular weight is 448 g/mol. The highest BCUT2D eigenvalue weighted by Crippen LogP contribution is 2.35. The van der Waals surface area contributed by atoms with Crippen molar-refractivity contribution in [3.8, 4) is 16.9 Å². The third-order valence-electron chi connectivity index (χ3n) is 4.93. The molecular formula is C21H20ClF2N5O2. The smallest absolute Gasteiger partial charge is 0.319 e. The van der Waals surface area contributed by atoms with Gasteiger partial charge < -0.3 is 21.1 Å². The minimum atomic E-state index is -0.715. The second kappa shape index (κ2) is 8.91. The van der Waals surface area contributed by atoms with Gasteiger partial charge in [-0.1, -0.05) is 23.7 Å². The third kappa shape index (κ3) is 4.62. The number of nitrogen functional groups attached to an aromatic ring is 1. The van der Waals surface area contributed by atoms with Crippen molar-refractivity contribution in [2.45, 2.75) is 18.9 Å². The molecule has 2 heterocycles. The van der Waals surface area contributed by atoms with Crippen molar-refractivity contribution in [1.82, 2.24) is 15.1 Å². The Labute approximate surface area is 182 Å². The first-order chi connectivity index (χ1) is 14.9. The number of carbonyl (C=O) groups excluding carboxylic acids is 1. The van der Waals surface area contributed by atoms with Crippen LogP contribution in [-0.4, -0.2) is 35.1 Å². The molecule has 0 radical (unpaired) electrons. The molecule has 4 N–H and O–H groups in total. The number of halogens is 3. The quantitative estimate of drug-likeness (QED) is 0.542. The molecule has 1 atom stereocenters. The fraction of sp³-hybridized carbons (Fsp3) is 0.238. The summed E-state index contributed by atoms with van der Waals surface area (Å²) < 4.78 is 34.7. The van der Waals surface area contributed by atoms with Crippen LogP contribution in [0.3, 0.4) is 0 Å². The van der Waals surface area contributed by atoms with Crippen molar-refractivity contribution in [2.24, 2.45) is 0 Å². The van der Waals surface area contributed by atoms with Crippen LogP contribution in [0.4, 0.5) is 25.1 Å². The second-order valence-electron chi connectivity index (χ2n) is 7.09. The molecule has 1 aliphatic heterocycles. The highest BCUT2D eigenvalue weighted by molar-refractivity contribution is 6.30. The van der Waals surface area contributed by atoms with E-state index >= 15 is 0 Å². The predicted molar refractivity (Wildman–Crippen MR) is 114 cm³/mol.